The molecule has 174 valence electrons. The Morgan fingerprint density at radius 1 is 0.941 bits per heavy atom. The molecule has 1 heterocycles. The Labute approximate surface area is 199 Å². The molecule has 0 spiro atoms. The van der Waals surface area contributed by atoms with Gasteiger partial charge in [0.1, 0.15) is 17.3 Å². The molecular formula is C28H27NO5. The maximum absolute atomic E-state index is 13.3. The van der Waals surface area contributed by atoms with Crippen LogP contribution in [0.1, 0.15) is 37.9 Å². The highest BCUT2D eigenvalue weighted by Gasteiger charge is 2.47. The summed E-state index contributed by atoms with van der Waals surface area (Å²) in [6.07, 6.45) is -0.0510. The summed E-state index contributed by atoms with van der Waals surface area (Å²) in [6, 6.07) is 22.3. The van der Waals surface area contributed by atoms with Crippen LogP contribution in [0.2, 0.25) is 0 Å². The molecule has 0 aliphatic carbocycles. The summed E-state index contributed by atoms with van der Waals surface area (Å²) in [6.45, 7) is 6.16. The number of benzene rings is 3. The number of aliphatic hydroxyl groups excluding tert-OH is 1. The number of carbonyl (C=O) groups is 2. The second-order valence-electron chi connectivity index (χ2n) is 8.20. The molecule has 1 aliphatic rings. The van der Waals surface area contributed by atoms with Crippen molar-refractivity contribution in [1.29, 1.82) is 0 Å². The first kappa shape index (κ1) is 23.1. The van der Waals surface area contributed by atoms with Crippen LogP contribution in [-0.4, -0.2) is 29.5 Å². The summed E-state index contributed by atoms with van der Waals surface area (Å²) in [5.74, 6) is -0.548. The molecule has 1 saturated heterocycles. The third-order valence-corrected chi connectivity index (χ3v) is 5.45. The van der Waals surface area contributed by atoms with Crippen LogP contribution < -0.4 is 14.4 Å². The Morgan fingerprint density at radius 2 is 1.65 bits per heavy atom. The molecular weight excluding hydrogens is 430 g/mol. The Bertz CT molecular complexity index is 1230. The number of anilines is 1. The van der Waals surface area contributed by atoms with Gasteiger partial charge in [0.2, 0.25) is 0 Å². The summed E-state index contributed by atoms with van der Waals surface area (Å²) in [5, 5.41) is 11.3. The third-order valence-electron chi connectivity index (χ3n) is 5.45. The summed E-state index contributed by atoms with van der Waals surface area (Å²) < 4.78 is 11.3. The summed E-state index contributed by atoms with van der Waals surface area (Å²) in [7, 11) is 0. The van der Waals surface area contributed by atoms with Crippen LogP contribution in [0.25, 0.3) is 5.76 Å². The monoisotopic (exact) mass is 457 g/mol. The molecule has 3 aromatic rings. The maximum Gasteiger partial charge on any atom is 0.300 e. The van der Waals surface area contributed by atoms with Crippen LogP contribution in [0.4, 0.5) is 5.69 Å². The highest BCUT2D eigenvalue weighted by Crippen LogP contribution is 2.43. The minimum Gasteiger partial charge on any atom is -0.507 e. The van der Waals surface area contributed by atoms with Crippen LogP contribution in [0.3, 0.4) is 0 Å². The van der Waals surface area contributed by atoms with Crippen molar-refractivity contribution in [2.75, 3.05) is 11.5 Å². The second-order valence-corrected chi connectivity index (χ2v) is 8.20. The number of nitrogens with zero attached hydrogens (tertiary/aromatic N) is 1. The van der Waals surface area contributed by atoms with Gasteiger partial charge in [-0.1, -0.05) is 48.5 Å². The highest BCUT2D eigenvalue weighted by atomic mass is 16.5. The van der Waals surface area contributed by atoms with E-state index in [2.05, 4.69) is 0 Å². The van der Waals surface area contributed by atoms with Gasteiger partial charge in [0.15, 0.2) is 0 Å². The molecule has 1 aliphatic heterocycles. The topological polar surface area (TPSA) is 76.1 Å². The lowest BCUT2D eigenvalue weighted by atomic mass is 9.95. The van der Waals surface area contributed by atoms with E-state index in [1.54, 1.807) is 48.5 Å². The molecule has 1 N–H and O–H groups in total. The number of Topliss-reactive ketones (excluding diaryl/α,β-unsaturated/α-hetero) is 1. The largest absolute Gasteiger partial charge is 0.507 e. The van der Waals surface area contributed by atoms with Crippen LogP contribution in [0.15, 0.2) is 84.4 Å². The number of ketones is 1. The Hall–Kier alpha value is -4.06. The van der Waals surface area contributed by atoms with Crippen molar-refractivity contribution in [1.82, 2.24) is 0 Å². The fourth-order valence-corrected chi connectivity index (χ4v) is 4.08. The molecule has 1 atom stereocenters. The number of rotatable bonds is 7. The number of carbonyl (C=O) groups excluding carboxylic acids is 2. The number of aliphatic hydroxyl groups is 1. The van der Waals surface area contributed by atoms with E-state index >= 15 is 0 Å². The lowest BCUT2D eigenvalue weighted by molar-refractivity contribution is -0.132. The van der Waals surface area contributed by atoms with Gasteiger partial charge >= 0.3 is 0 Å². The SMILES string of the molecule is CCOc1cccc(N2C(=O)C(=O)/C(=C(/O)c3cccc(OC(C)C)c3)C2c2ccccc2)c1. The Morgan fingerprint density at radius 3 is 2.35 bits per heavy atom. The fourth-order valence-electron chi connectivity index (χ4n) is 4.08. The average molecular weight is 458 g/mol. The predicted molar refractivity (Wildman–Crippen MR) is 131 cm³/mol. The van der Waals surface area contributed by atoms with Gasteiger partial charge in [0.25, 0.3) is 11.7 Å². The normalized spacial score (nSPS) is 17.3. The van der Waals surface area contributed by atoms with Gasteiger partial charge in [-0.3, -0.25) is 14.5 Å². The zero-order valence-electron chi connectivity index (χ0n) is 19.4. The van der Waals surface area contributed by atoms with Gasteiger partial charge in [-0.05, 0) is 50.6 Å². The molecule has 3 aromatic carbocycles. The van der Waals surface area contributed by atoms with E-state index in [0.717, 1.165) is 0 Å². The minimum absolute atomic E-state index is 0.0275. The summed E-state index contributed by atoms with van der Waals surface area (Å²) in [5.41, 5.74) is 1.65. The van der Waals surface area contributed by atoms with E-state index in [9.17, 15) is 14.7 Å². The molecule has 4 rings (SSSR count). The van der Waals surface area contributed by atoms with E-state index in [1.165, 1.54) is 4.90 Å². The lowest BCUT2D eigenvalue weighted by Gasteiger charge is -2.25. The average Bonchev–Trinajstić information content (AvgIpc) is 3.10. The molecule has 0 aromatic heterocycles. The van der Waals surface area contributed by atoms with Crippen molar-refractivity contribution in [3.8, 4) is 11.5 Å². The smallest absolute Gasteiger partial charge is 0.300 e. The van der Waals surface area contributed by atoms with E-state index in [-0.39, 0.29) is 17.4 Å². The maximum atomic E-state index is 13.3. The van der Waals surface area contributed by atoms with Crippen molar-refractivity contribution in [3.05, 3.63) is 95.6 Å². The molecule has 34 heavy (non-hydrogen) atoms. The molecule has 1 amide bonds. The van der Waals surface area contributed by atoms with E-state index in [4.69, 9.17) is 9.47 Å². The Balaban J connectivity index is 1.88. The number of hydrogen-bond acceptors (Lipinski definition) is 5. The van der Waals surface area contributed by atoms with Gasteiger partial charge in [-0.15, -0.1) is 0 Å². The molecule has 6 heteroatoms. The first-order valence-electron chi connectivity index (χ1n) is 11.3. The van der Waals surface area contributed by atoms with Gasteiger partial charge in [-0.2, -0.15) is 0 Å². The number of hydrogen-bond donors (Lipinski definition) is 1. The van der Waals surface area contributed by atoms with Gasteiger partial charge in [0.05, 0.1) is 24.3 Å². The van der Waals surface area contributed by atoms with E-state index < -0.39 is 17.7 Å². The minimum atomic E-state index is -0.798. The number of amides is 1. The predicted octanol–water partition coefficient (Wildman–Crippen LogP) is 5.50. The van der Waals surface area contributed by atoms with Crippen LogP contribution in [0.5, 0.6) is 11.5 Å². The van der Waals surface area contributed by atoms with Gasteiger partial charge < -0.3 is 14.6 Å². The summed E-state index contributed by atoms with van der Waals surface area (Å²) in [4.78, 5) is 28.0. The first-order valence-corrected chi connectivity index (χ1v) is 11.3. The molecule has 6 nitrogen and oxygen atoms in total. The lowest BCUT2D eigenvalue weighted by Crippen LogP contribution is -2.29. The molecule has 0 radical (unpaired) electrons. The molecule has 1 fully saturated rings. The van der Waals surface area contributed by atoms with Crippen LogP contribution >= 0.6 is 0 Å². The van der Waals surface area contributed by atoms with Crippen molar-refractivity contribution >= 4 is 23.1 Å². The van der Waals surface area contributed by atoms with E-state index in [0.29, 0.717) is 34.9 Å². The quantitative estimate of drug-likeness (QED) is 0.288. The standard InChI is InChI=1S/C28H27NO5/c1-4-33-22-14-9-13-21(17-22)29-25(19-10-6-5-7-11-19)24(27(31)28(29)32)26(30)20-12-8-15-23(16-20)34-18(2)3/h5-18,25,30H,4H2,1-3H3/b26-24+. The van der Waals surface area contributed by atoms with Crippen molar-refractivity contribution in [2.45, 2.75) is 32.9 Å². The molecule has 0 saturated carbocycles. The van der Waals surface area contributed by atoms with Crippen molar-refractivity contribution in [3.63, 3.8) is 0 Å². The van der Waals surface area contributed by atoms with Crippen LogP contribution in [-0.2, 0) is 9.59 Å². The number of ether oxygens (including phenoxy) is 2. The third kappa shape index (κ3) is 4.53. The van der Waals surface area contributed by atoms with E-state index in [1.807, 2.05) is 51.1 Å². The first-order chi connectivity index (χ1) is 16.4. The van der Waals surface area contributed by atoms with Gasteiger partial charge in [-0.25, -0.2) is 0 Å². The summed E-state index contributed by atoms with van der Waals surface area (Å²) >= 11 is 0. The van der Waals surface area contributed by atoms with Crippen molar-refractivity contribution in [2.24, 2.45) is 0 Å². The van der Waals surface area contributed by atoms with Gasteiger partial charge in [0, 0.05) is 17.3 Å². The second kappa shape index (κ2) is 9.83. The molecule has 0 bridgehead atoms. The zero-order chi connectivity index (χ0) is 24.2. The zero-order valence-corrected chi connectivity index (χ0v) is 19.4. The Kier molecular flexibility index (Phi) is 6.68. The highest BCUT2D eigenvalue weighted by molar-refractivity contribution is 6.51. The molecule has 1 unspecified atom stereocenters. The van der Waals surface area contributed by atoms with Crippen molar-refractivity contribution < 1.29 is 24.2 Å². The fraction of sp³-hybridized carbons (Fsp3) is 0.214. The van der Waals surface area contributed by atoms with Crippen LogP contribution in [0, 0.1) is 0 Å².